The molecule has 0 bridgehead atoms. The Balaban J connectivity index is 1.09. The minimum Gasteiger partial charge on any atom is -0.367 e. The van der Waals surface area contributed by atoms with E-state index < -0.39 is 0 Å². The van der Waals surface area contributed by atoms with E-state index in [2.05, 4.69) is 102 Å². The van der Waals surface area contributed by atoms with Crippen LogP contribution in [0.25, 0.3) is 44.3 Å². The van der Waals surface area contributed by atoms with E-state index in [9.17, 15) is 0 Å². The summed E-state index contributed by atoms with van der Waals surface area (Å²) in [7, 11) is 0. The number of aromatic nitrogens is 5. The highest BCUT2D eigenvalue weighted by molar-refractivity contribution is 5.98. The number of benzene rings is 3. The Bertz CT molecular complexity index is 1860. The van der Waals surface area contributed by atoms with Crippen molar-refractivity contribution in [3.8, 4) is 28.5 Å². The molecule has 1 fully saturated rings. The quantitative estimate of drug-likeness (QED) is 0.262. The number of hydrogen-bond acceptors (Lipinski definition) is 7. The number of hydrogen-bond donors (Lipinski definition) is 2. The second-order valence-corrected chi connectivity index (χ2v) is 10.5. The van der Waals surface area contributed by atoms with Crippen LogP contribution in [0, 0.1) is 11.3 Å². The summed E-state index contributed by atoms with van der Waals surface area (Å²) in [6.07, 6.45) is 5.29. The Kier molecular flexibility index (Phi) is 6.55. The number of nitrogens with zero attached hydrogens (tertiary/aromatic N) is 6. The zero-order valence-corrected chi connectivity index (χ0v) is 22.5. The second kappa shape index (κ2) is 10.8. The van der Waals surface area contributed by atoms with Gasteiger partial charge in [-0.1, -0.05) is 54.6 Å². The van der Waals surface area contributed by atoms with Crippen LogP contribution in [0.4, 0.5) is 5.82 Å². The van der Waals surface area contributed by atoms with Crippen molar-refractivity contribution in [1.29, 1.82) is 5.26 Å². The molecule has 4 heterocycles. The van der Waals surface area contributed by atoms with Gasteiger partial charge >= 0.3 is 0 Å². The number of piperidine rings is 1. The number of imidazole rings is 1. The van der Waals surface area contributed by atoms with E-state index in [1.807, 2.05) is 18.2 Å². The Morgan fingerprint density at radius 1 is 0.878 bits per heavy atom. The maximum Gasteiger partial charge on any atom is 0.234 e. The van der Waals surface area contributed by atoms with Gasteiger partial charge < -0.3 is 10.3 Å². The monoisotopic (exact) mass is 536 g/mol. The summed E-state index contributed by atoms with van der Waals surface area (Å²) < 4.78 is 0. The maximum atomic E-state index is 9.04. The van der Waals surface area contributed by atoms with Crippen molar-refractivity contribution in [1.82, 2.24) is 29.8 Å². The zero-order chi connectivity index (χ0) is 27.6. The lowest BCUT2D eigenvalue weighted by Crippen LogP contribution is -2.38. The first kappa shape index (κ1) is 24.9. The number of H-pyrrole nitrogens is 1. The van der Waals surface area contributed by atoms with Crippen LogP contribution in [-0.2, 0) is 6.54 Å². The molecule has 0 amide bonds. The van der Waals surface area contributed by atoms with Crippen molar-refractivity contribution in [2.24, 2.45) is 0 Å². The fourth-order valence-corrected chi connectivity index (χ4v) is 5.66. The fraction of sp³-hybridized carbons (Fsp3) is 0.182. The van der Waals surface area contributed by atoms with E-state index >= 15 is 0 Å². The number of fused-ring (bicyclic) bond motifs is 2. The van der Waals surface area contributed by atoms with Crippen LogP contribution < -0.4 is 5.32 Å². The summed E-state index contributed by atoms with van der Waals surface area (Å²) in [6.45, 7) is 2.93. The Morgan fingerprint density at radius 3 is 2.44 bits per heavy atom. The van der Waals surface area contributed by atoms with Gasteiger partial charge in [0.1, 0.15) is 18.2 Å². The summed E-state index contributed by atoms with van der Waals surface area (Å²) in [5, 5.41) is 13.6. The largest absolute Gasteiger partial charge is 0.367 e. The van der Waals surface area contributed by atoms with Crippen LogP contribution >= 0.6 is 0 Å². The second-order valence-electron chi connectivity index (χ2n) is 10.5. The normalized spacial score (nSPS) is 14.3. The minimum atomic E-state index is 0.196. The smallest absolute Gasteiger partial charge is 0.234 e. The molecular weight excluding hydrogens is 508 g/mol. The summed E-state index contributed by atoms with van der Waals surface area (Å²) in [5.41, 5.74) is 8.70. The summed E-state index contributed by atoms with van der Waals surface area (Å²) in [6, 6.07) is 30.0. The molecule has 0 saturated carbocycles. The summed E-state index contributed by atoms with van der Waals surface area (Å²) in [5.74, 6) is 0.916. The van der Waals surface area contributed by atoms with Crippen LogP contribution in [0.15, 0.2) is 91.4 Å². The topological polar surface area (TPSA) is 106 Å². The third-order valence-corrected chi connectivity index (χ3v) is 7.80. The van der Waals surface area contributed by atoms with E-state index in [-0.39, 0.29) is 5.82 Å². The Hall–Kier alpha value is -5.13. The first-order valence-electron chi connectivity index (χ1n) is 13.9. The average molecular weight is 537 g/mol. The van der Waals surface area contributed by atoms with Crippen LogP contribution in [-0.4, -0.2) is 49.0 Å². The molecule has 1 aliphatic rings. The third-order valence-electron chi connectivity index (χ3n) is 7.80. The molecule has 0 spiro atoms. The molecule has 7 rings (SSSR count). The fourth-order valence-electron chi connectivity index (χ4n) is 5.66. The van der Waals surface area contributed by atoms with Gasteiger partial charge in [-0.05, 0) is 53.8 Å². The molecule has 8 nitrogen and oxygen atoms in total. The SMILES string of the molecule is N#Cc1nccc(NC2CCN(Cc3ccc(-c4[nH]c5cc6ncnc6cc5cc4-c4ccccc4)cc3)CC2)n1. The third kappa shape index (κ3) is 5.23. The van der Waals surface area contributed by atoms with Crippen molar-refractivity contribution in [2.45, 2.75) is 25.4 Å². The minimum absolute atomic E-state index is 0.196. The van der Waals surface area contributed by atoms with E-state index in [4.69, 9.17) is 5.26 Å². The number of nitrogens with one attached hydrogen (secondary N) is 2. The molecule has 8 heteroatoms. The molecular formula is C33H28N8. The summed E-state index contributed by atoms with van der Waals surface area (Å²) in [4.78, 5) is 23.2. The van der Waals surface area contributed by atoms with E-state index in [1.165, 1.54) is 11.1 Å². The highest BCUT2D eigenvalue weighted by Crippen LogP contribution is 2.34. The van der Waals surface area contributed by atoms with Crippen molar-refractivity contribution in [2.75, 3.05) is 18.4 Å². The van der Waals surface area contributed by atoms with Crippen molar-refractivity contribution >= 4 is 27.8 Å². The molecule has 1 aliphatic heterocycles. The number of pyridine rings is 1. The molecule has 200 valence electrons. The number of likely N-dealkylation sites (tertiary alicyclic amines) is 1. The molecule has 2 N–H and O–H groups in total. The predicted octanol–water partition coefficient (Wildman–Crippen LogP) is 6.18. The molecule has 0 aliphatic carbocycles. The molecule has 0 radical (unpaired) electrons. The van der Waals surface area contributed by atoms with Gasteiger partial charge in [0.05, 0.1) is 16.7 Å². The van der Waals surface area contributed by atoms with Crippen molar-refractivity contribution < 1.29 is 0 Å². The van der Waals surface area contributed by atoms with Crippen LogP contribution in [0.5, 0.6) is 0 Å². The van der Waals surface area contributed by atoms with Crippen molar-refractivity contribution in [3.63, 3.8) is 0 Å². The van der Waals surface area contributed by atoms with Gasteiger partial charge in [-0.3, -0.25) is 4.90 Å². The van der Waals surface area contributed by atoms with Gasteiger partial charge in [0.2, 0.25) is 5.82 Å². The van der Waals surface area contributed by atoms with Crippen LogP contribution in [0.1, 0.15) is 24.2 Å². The molecule has 3 aromatic carbocycles. The molecule has 0 atom stereocenters. The lowest BCUT2D eigenvalue weighted by atomic mass is 9.96. The number of rotatable bonds is 6. The van der Waals surface area contributed by atoms with E-state index in [1.54, 1.807) is 12.5 Å². The number of anilines is 1. The summed E-state index contributed by atoms with van der Waals surface area (Å²) >= 11 is 0. The van der Waals surface area contributed by atoms with Gasteiger partial charge in [0.25, 0.3) is 0 Å². The van der Waals surface area contributed by atoms with Crippen molar-refractivity contribution in [3.05, 3.63) is 103 Å². The lowest BCUT2D eigenvalue weighted by molar-refractivity contribution is 0.211. The predicted molar refractivity (Wildman–Crippen MR) is 161 cm³/mol. The highest BCUT2D eigenvalue weighted by atomic mass is 15.1. The first-order chi connectivity index (χ1) is 20.2. The Labute approximate surface area is 237 Å². The van der Waals surface area contributed by atoms with Crippen LogP contribution in [0.2, 0.25) is 0 Å². The van der Waals surface area contributed by atoms with E-state index in [0.717, 1.165) is 77.1 Å². The molecule has 6 aromatic rings. The molecule has 3 aromatic heterocycles. The number of nitriles is 1. The van der Waals surface area contributed by atoms with Crippen LogP contribution in [0.3, 0.4) is 0 Å². The van der Waals surface area contributed by atoms with E-state index in [0.29, 0.717) is 6.04 Å². The lowest BCUT2D eigenvalue weighted by Gasteiger charge is -2.32. The van der Waals surface area contributed by atoms with Gasteiger partial charge in [0, 0.05) is 48.3 Å². The molecule has 41 heavy (non-hydrogen) atoms. The first-order valence-corrected chi connectivity index (χ1v) is 13.9. The van der Waals surface area contributed by atoms with Gasteiger partial charge in [0.15, 0.2) is 0 Å². The molecule has 1 saturated heterocycles. The zero-order valence-electron chi connectivity index (χ0n) is 22.5. The highest BCUT2D eigenvalue weighted by Gasteiger charge is 2.20. The Morgan fingerprint density at radius 2 is 1.66 bits per heavy atom. The van der Waals surface area contributed by atoms with Gasteiger partial charge in [-0.25, -0.2) is 19.9 Å². The van der Waals surface area contributed by atoms with Gasteiger partial charge in [-0.15, -0.1) is 0 Å². The average Bonchev–Trinajstić information content (AvgIpc) is 3.48. The maximum absolute atomic E-state index is 9.04. The standard InChI is InChI=1S/C33H28N8/c34-19-32-35-13-10-31(40-32)38-26-11-14-41(15-12-26)20-22-6-8-24(9-7-22)33-27(23-4-2-1-3-5-23)16-25-17-29-30(37-21-36-29)18-28(25)39-33/h1-10,13,16-18,21,26,39H,11-12,14-15,20H2,(H,35,38,40). The van der Waals surface area contributed by atoms with Gasteiger partial charge in [-0.2, -0.15) is 5.26 Å². The number of aromatic amines is 1. The molecule has 0 unspecified atom stereocenters.